The third-order valence-corrected chi connectivity index (χ3v) is 9.45. The van der Waals surface area contributed by atoms with Gasteiger partial charge < -0.3 is 9.64 Å². The maximum absolute atomic E-state index is 14.9. The van der Waals surface area contributed by atoms with Crippen molar-refractivity contribution in [2.24, 2.45) is 5.41 Å². The van der Waals surface area contributed by atoms with Crippen LogP contribution in [-0.4, -0.2) is 45.4 Å². The minimum Gasteiger partial charge on any atom is -0.468 e. The van der Waals surface area contributed by atoms with Crippen LogP contribution >= 0.6 is 11.6 Å². The lowest BCUT2D eigenvalue weighted by atomic mass is 9.87. The Balaban J connectivity index is 1.74. The highest BCUT2D eigenvalue weighted by Crippen LogP contribution is 2.50. The van der Waals surface area contributed by atoms with E-state index in [1.54, 1.807) is 0 Å². The van der Waals surface area contributed by atoms with Gasteiger partial charge in [-0.2, -0.15) is 0 Å². The summed E-state index contributed by atoms with van der Waals surface area (Å²) in [5, 5.41) is 0.331. The molecule has 0 N–H and O–H groups in total. The van der Waals surface area contributed by atoms with Crippen molar-refractivity contribution in [1.29, 1.82) is 0 Å². The molecule has 4 rings (SSSR count). The number of halogens is 3. The molecule has 0 atom stereocenters. The van der Waals surface area contributed by atoms with Crippen LogP contribution in [0.3, 0.4) is 0 Å². The van der Waals surface area contributed by atoms with Gasteiger partial charge in [-0.25, -0.2) is 17.2 Å². The molecule has 2 aromatic rings. The zero-order valence-corrected chi connectivity index (χ0v) is 19.4. The Morgan fingerprint density at radius 2 is 1.61 bits per heavy atom. The standard InChI is InChI=1S/C23H22ClF2NO5S/c1-32-21(29)22(8-9-22)20(28)27-12-10-23(11-13-27,18-14-16(25)4-7-19(18)26)33(30,31)17-5-2-15(24)3-6-17/h2-7,14H,8-13H2,1H3. The molecule has 0 unspecified atom stereocenters. The van der Waals surface area contributed by atoms with Crippen LogP contribution in [-0.2, 0) is 28.9 Å². The molecule has 1 amide bonds. The number of hydrogen-bond donors (Lipinski definition) is 0. The second-order valence-electron chi connectivity index (χ2n) is 8.44. The number of amides is 1. The number of carbonyl (C=O) groups is 2. The lowest BCUT2D eigenvalue weighted by molar-refractivity contribution is -0.156. The van der Waals surface area contributed by atoms with Crippen LogP contribution in [0.2, 0.25) is 5.02 Å². The number of likely N-dealkylation sites (tertiary alicyclic amines) is 1. The van der Waals surface area contributed by atoms with Crippen molar-refractivity contribution in [1.82, 2.24) is 4.90 Å². The van der Waals surface area contributed by atoms with Gasteiger partial charge in [-0.05, 0) is 68.1 Å². The van der Waals surface area contributed by atoms with Gasteiger partial charge in [0, 0.05) is 23.7 Å². The van der Waals surface area contributed by atoms with Crippen molar-refractivity contribution in [2.75, 3.05) is 20.2 Å². The van der Waals surface area contributed by atoms with Crippen LogP contribution in [0, 0.1) is 17.0 Å². The molecule has 1 aliphatic carbocycles. The lowest BCUT2D eigenvalue weighted by Gasteiger charge is -2.42. The van der Waals surface area contributed by atoms with Crippen LogP contribution in [0.4, 0.5) is 8.78 Å². The first-order valence-corrected chi connectivity index (χ1v) is 12.3. The molecule has 6 nitrogen and oxygen atoms in total. The zero-order chi connectivity index (χ0) is 24.0. The number of rotatable bonds is 5. The average Bonchev–Trinajstić information content (AvgIpc) is 3.62. The summed E-state index contributed by atoms with van der Waals surface area (Å²) in [6, 6.07) is 8.20. The molecule has 2 fully saturated rings. The molecule has 0 radical (unpaired) electrons. The summed E-state index contributed by atoms with van der Waals surface area (Å²) >= 11 is 5.90. The Morgan fingerprint density at radius 3 is 2.15 bits per heavy atom. The monoisotopic (exact) mass is 497 g/mol. The number of methoxy groups -OCH3 is 1. The fourth-order valence-electron chi connectivity index (χ4n) is 4.57. The molecule has 10 heteroatoms. The first-order valence-electron chi connectivity index (χ1n) is 10.4. The number of sulfone groups is 1. The molecule has 1 saturated heterocycles. The summed E-state index contributed by atoms with van der Waals surface area (Å²) in [6.07, 6.45) is 0.395. The molecule has 0 aromatic heterocycles. The van der Waals surface area contributed by atoms with Crippen molar-refractivity contribution in [3.05, 3.63) is 64.7 Å². The van der Waals surface area contributed by atoms with E-state index in [4.69, 9.17) is 16.3 Å². The van der Waals surface area contributed by atoms with Gasteiger partial charge in [0.2, 0.25) is 5.91 Å². The van der Waals surface area contributed by atoms with E-state index in [2.05, 4.69) is 0 Å². The van der Waals surface area contributed by atoms with Crippen molar-refractivity contribution in [3.8, 4) is 0 Å². The first kappa shape index (κ1) is 23.6. The zero-order valence-electron chi connectivity index (χ0n) is 17.8. The topological polar surface area (TPSA) is 80.8 Å². The van der Waals surface area contributed by atoms with E-state index < -0.39 is 43.5 Å². The SMILES string of the molecule is COC(=O)C1(C(=O)N2CCC(c3cc(F)ccc3F)(S(=O)(=O)c3ccc(Cl)cc3)CC2)CC1. The maximum atomic E-state index is 14.9. The van der Waals surface area contributed by atoms with Gasteiger partial charge in [0.1, 0.15) is 21.8 Å². The Morgan fingerprint density at radius 1 is 1.00 bits per heavy atom. The molecular formula is C23H22ClF2NO5S. The summed E-state index contributed by atoms with van der Waals surface area (Å²) in [4.78, 5) is 26.5. The molecule has 0 bridgehead atoms. The van der Waals surface area contributed by atoms with Crippen molar-refractivity contribution >= 4 is 33.3 Å². The Hall–Kier alpha value is -2.52. The number of hydrogen-bond acceptors (Lipinski definition) is 5. The summed E-state index contributed by atoms with van der Waals surface area (Å²) in [5.74, 6) is -2.65. The van der Waals surface area contributed by atoms with Crippen molar-refractivity contribution < 1.29 is 31.5 Å². The molecule has 1 aliphatic heterocycles. The van der Waals surface area contributed by atoms with E-state index in [1.807, 2.05) is 0 Å². The number of ether oxygens (including phenoxy) is 1. The molecule has 176 valence electrons. The van der Waals surface area contributed by atoms with Gasteiger partial charge in [-0.3, -0.25) is 9.59 Å². The molecule has 33 heavy (non-hydrogen) atoms. The molecule has 0 spiro atoms. The fourth-order valence-corrected chi connectivity index (χ4v) is 6.81. The normalized spacial score (nSPS) is 19.1. The Bertz CT molecular complexity index is 1200. The van der Waals surface area contributed by atoms with Crippen molar-refractivity contribution in [2.45, 2.75) is 35.3 Å². The summed E-state index contributed by atoms with van der Waals surface area (Å²) < 4.78 is 59.6. The highest BCUT2D eigenvalue weighted by atomic mass is 35.5. The molecule has 1 heterocycles. The van der Waals surface area contributed by atoms with E-state index in [0.717, 1.165) is 18.2 Å². The molecular weight excluding hydrogens is 476 g/mol. The molecule has 1 saturated carbocycles. The van der Waals surface area contributed by atoms with Gasteiger partial charge in [0.15, 0.2) is 9.84 Å². The van der Waals surface area contributed by atoms with Crippen LogP contribution in [0.15, 0.2) is 47.4 Å². The summed E-state index contributed by atoms with van der Waals surface area (Å²) in [7, 11) is -3.01. The Kier molecular flexibility index (Phi) is 5.99. The maximum Gasteiger partial charge on any atom is 0.321 e. The third kappa shape index (κ3) is 3.81. The molecule has 2 aliphatic rings. The number of piperidine rings is 1. The highest BCUT2D eigenvalue weighted by molar-refractivity contribution is 7.92. The van der Waals surface area contributed by atoms with E-state index in [-0.39, 0.29) is 36.4 Å². The minimum atomic E-state index is -4.22. The first-order chi connectivity index (χ1) is 15.6. The highest BCUT2D eigenvalue weighted by Gasteiger charge is 2.60. The fraction of sp³-hybridized carbons (Fsp3) is 0.391. The minimum absolute atomic E-state index is 0.0413. The van der Waals surface area contributed by atoms with Gasteiger partial charge in [-0.15, -0.1) is 0 Å². The quantitative estimate of drug-likeness (QED) is 0.463. The summed E-state index contributed by atoms with van der Waals surface area (Å²) in [5.41, 5.74) is -1.51. The average molecular weight is 498 g/mol. The van der Waals surface area contributed by atoms with E-state index in [9.17, 15) is 26.8 Å². The van der Waals surface area contributed by atoms with Crippen LogP contribution in [0.25, 0.3) is 0 Å². The summed E-state index contributed by atoms with van der Waals surface area (Å²) in [6.45, 7) is -0.0826. The van der Waals surface area contributed by atoms with E-state index in [1.165, 1.54) is 36.3 Å². The lowest BCUT2D eigenvalue weighted by Crippen LogP contribution is -2.52. The van der Waals surface area contributed by atoms with Gasteiger partial charge in [0.25, 0.3) is 0 Å². The predicted molar refractivity (Wildman–Crippen MR) is 116 cm³/mol. The van der Waals surface area contributed by atoms with Crippen LogP contribution in [0.1, 0.15) is 31.2 Å². The van der Waals surface area contributed by atoms with E-state index in [0.29, 0.717) is 17.9 Å². The van der Waals surface area contributed by atoms with Gasteiger partial charge in [0.05, 0.1) is 12.0 Å². The number of carbonyl (C=O) groups excluding carboxylic acids is 2. The van der Waals surface area contributed by atoms with Crippen LogP contribution in [0.5, 0.6) is 0 Å². The van der Waals surface area contributed by atoms with Crippen LogP contribution < -0.4 is 0 Å². The molecule has 2 aromatic carbocycles. The van der Waals surface area contributed by atoms with Crippen molar-refractivity contribution in [3.63, 3.8) is 0 Å². The Labute approximate surface area is 195 Å². The second kappa shape index (κ2) is 8.36. The number of nitrogens with zero attached hydrogens (tertiary/aromatic N) is 1. The van der Waals surface area contributed by atoms with Gasteiger partial charge in [-0.1, -0.05) is 11.6 Å². The second-order valence-corrected chi connectivity index (χ2v) is 11.1. The predicted octanol–water partition coefficient (Wildman–Crippen LogP) is 3.86. The number of benzene rings is 2. The van der Waals surface area contributed by atoms with Gasteiger partial charge >= 0.3 is 5.97 Å². The third-order valence-electron chi connectivity index (χ3n) is 6.65. The number of esters is 1. The smallest absolute Gasteiger partial charge is 0.321 e. The van der Waals surface area contributed by atoms with E-state index >= 15 is 0 Å². The largest absolute Gasteiger partial charge is 0.468 e.